The van der Waals surface area contributed by atoms with Gasteiger partial charge >= 0.3 is 6.18 Å². The first-order chi connectivity index (χ1) is 12.3. The van der Waals surface area contributed by atoms with Crippen molar-refractivity contribution >= 4 is 5.82 Å². The summed E-state index contributed by atoms with van der Waals surface area (Å²) in [6.45, 7) is 5.23. The molecule has 1 aromatic rings. The molecule has 1 aromatic heterocycles. The fourth-order valence-electron chi connectivity index (χ4n) is 2.68. The van der Waals surface area contributed by atoms with Crippen LogP contribution in [0.3, 0.4) is 0 Å². The fourth-order valence-corrected chi connectivity index (χ4v) is 2.68. The Hall–Kier alpha value is -1.53. The maximum absolute atomic E-state index is 11.8. The van der Waals surface area contributed by atoms with Crippen molar-refractivity contribution in [2.75, 3.05) is 45.1 Å². The van der Waals surface area contributed by atoms with E-state index in [0.717, 1.165) is 38.9 Å². The predicted octanol–water partition coefficient (Wildman–Crippen LogP) is -0.520. The summed E-state index contributed by atoms with van der Waals surface area (Å²) in [5.41, 5.74) is 3.91. The van der Waals surface area contributed by atoms with Crippen LogP contribution in [0, 0.1) is 0 Å². The van der Waals surface area contributed by atoms with E-state index in [1.807, 2.05) is 0 Å². The molecule has 148 valence electrons. The molecule has 2 saturated heterocycles. The van der Waals surface area contributed by atoms with Crippen LogP contribution in [-0.4, -0.2) is 82.7 Å². The quantitative estimate of drug-likeness (QED) is 0.542. The lowest BCUT2D eigenvalue weighted by molar-refractivity contribution is -0.141. The molecule has 2 fully saturated rings. The normalized spacial score (nSPS) is 27.5. The third-order valence-electron chi connectivity index (χ3n) is 4.11. The molecule has 0 radical (unpaired) electrons. The van der Waals surface area contributed by atoms with Gasteiger partial charge in [0.1, 0.15) is 11.9 Å². The number of aliphatic hydroxyl groups is 2. The smallest absolute Gasteiger partial charge is 0.390 e. The SMILES string of the molecule is Nc1cncc(C(F)(F)F)n1.OC1CCOC(CN2CCNCC2)C1O. The van der Waals surface area contributed by atoms with E-state index in [4.69, 9.17) is 10.5 Å². The average molecular weight is 379 g/mol. The number of nitrogens with zero attached hydrogens (tertiary/aromatic N) is 3. The molecule has 3 heterocycles. The molecule has 0 saturated carbocycles. The molecule has 0 amide bonds. The number of alkyl halides is 3. The van der Waals surface area contributed by atoms with E-state index in [0.29, 0.717) is 19.2 Å². The van der Waals surface area contributed by atoms with Gasteiger partial charge in [0, 0.05) is 39.3 Å². The number of piperazine rings is 1. The molecule has 0 aliphatic carbocycles. The van der Waals surface area contributed by atoms with E-state index in [9.17, 15) is 23.4 Å². The summed E-state index contributed by atoms with van der Waals surface area (Å²) >= 11 is 0. The van der Waals surface area contributed by atoms with Crippen molar-refractivity contribution in [3.05, 3.63) is 18.1 Å². The number of nitrogens with one attached hydrogen (secondary N) is 1. The largest absolute Gasteiger partial charge is 0.434 e. The van der Waals surface area contributed by atoms with Gasteiger partial charge < -0.3 is 26.0 Å². The van der Waals surface area contributed by atoms with Crippen LogP contribution >= 0.6 is 0 Å². The number of hydrogen-bond donors (Lipinski definition) is 4. The highest BCUT2D eigenvalue weighted by Crippen LogP contribution is 2.26. The second-order valence-corrected chi connectivity index (χ2v) is 6.13. The third kappa shape index (κ3) is 6.32. The van der Waals surface area contributed by atoms with Crippen molar-refractivity contribution in [1.29, 1.82) is 0 Å². The van der Waals surface area contributed by atoms with E-state index in [1.54, 1.807) is 0 Å². The summed E-state index contributed by atoms with van der Waals surface area (Å²) in [7, 11) is 0. The third-order valence-corrected chi connectivity index (χ3v) is 4.11. The van der Waals surface area contributed by atoms with Crippen LogP contribution in [0.5, 0.6) is 0 Å². The zero-order valence-corrected chi connectivity index (χ0v) is 14.2. The highest BCUT2D eigenvalue weighted by molar-refractivity contribution is 5.24. The number of halogens is 3. The molecule has 11 heteroatoms. The second-order valence-electron chi connectivity index (χ2n) is 6.13. The van der Waals surface area contributed by atoms with Gasteiger partial charge in [-0.2, -0.15) is 13.2 Å². The summed E-state index contributed by atoms with van der Waals surface area (Å²) in [4.78, 5) is 8.54. The number of ether oxygens (including phenoxy) is 1. The number of nitrogens with two attached hydrogens (primary N) is 1. The Morgan fingerprint density at radius 2 is 1.96 bits per heavy atom. The van der Waals surface area contributed by atoms with Gasteiger partial charge in [-0.1, -0.05) is 0 Å². The summed E-state index contributed by atoms with van der Waals surface area (Å²) in [6.07, 6.45) is -3.83. The van der Waals surface area contributed by atoms with E-state index >= 15 is 0 Å². The number of anilines is 1. The number of hydrogen-bond acceptors (Lipinski definition) is 8. The van der Waals surface area contributed by atoms with Crippen LogP contribution in [0.4, 0.5) is 19.0 Å². The van der Waals surface area contributed by atoms with Gasteiger partial charge in [0.2, 0.25) is 0 Å². The zero-order chi connectivity index (χ0) is 19.2. The first-order valence-corrected chi connectivity index (χ1v) is 8.33. The van der Waals surface area contributed by atoms with E-state index in [2.05, 4.69) is 20.2 Å². The van der Waals surface area contributed by atoms with Crippen molar-refractivity contribution in [2.24, 2.45) is 0 Å². The highest BCUT2D eigenvalue weighted by atomic mass is 19.4. The molecule has 0 aromatic carbocycles. The zero-order valence-electron chi connectivity index (χ0n) is 14.2. The van der Waals surface area contributed by atoms with Crippen LogP contribution in [0.15, 0.2) is 12.4 Å². The van der Waals surface area contributed by atoms with Crippen LogP contribution < -0.4 is 11.1 Å². The van der Waals surface area contributed by atoms with Gasteiger partial charge in [-0.25, -0.2) is 4.98 Å². The molecule has 2 aliphatic rings. The Morgan fingerprint density at radius 1 is 1.27 bits per heavy atom. The summed E-state index contributed by atoms with van der Waals surface area (Å²) in [5.74, 6) is -0.236. The monoisotopic (exact) mass is 379 g/mol. The summed E-state index contributed by atoms with van der Waals surface area (Å²) in [5, 5.41) is 22.5. The second kappa shape index (κ2) is 9.42. The number of aromatic nitrogens is 2. The lowest BCUT2D eigenvalue weighted by Crippen LogP contribution is -2.53. The Balaban J connectivity index is 0.000000197. The van der Waals surface area contributed by atoms with Crippen molar-refractivity contribution < 1.29 is 28.1 Å². The first-order valence-electron chi connectivity index (χ1n) is 8.33. The minimum absolute atomic E-state index is 0.230. The molecule has 0 spiro atoms. The predicted molar refractivity (Wildman–Crippen MR) is 87.1 cm³/mol. The van der Waals surface area contributed by atoms with E-state index < -0.39 is 24.1 Å². The van der Waals surface area contributed by atoms with Gasteiger partial charge in [-0.15, -0.1) is 0 Å². The highest BCUT2D eigenvalue weighted by Gasteiger charge is 2.33. The number of aliphatic hydroxyl groups excluding tert-OH is 2. The topological polar surface area (TPSA) is 117 Å². The molecule has 3 atom stereocenters. The molecule has 8 nitrogen and oxygen atoms in total. The minimum Gasteiger partial charge on any atom is -0.390 e. The lowest BCUT2D eigenvalue weighted by Gasteiger charge is -2.36. The van der Waals surface area contributed by atoms with Crippen molar-refractivity contribution in [2.45, 2.75) is 30.9 Å². The van der Waals surface area contributed by atoms with Crippen LogP contribution in [0.25, 0.3) is 0 Å². The van der Waals surface area contributed by atoms with Crippen LogP contribution in [-0.2, 0) is 10.9 Å². The van der Waals surface area contributed by atoms with Gasteiger partial charge in [0.25, 0.3) is 0 Å². The van der Waals surface area contributed by atoms with Crippen molar-refractivity contribution in [3.8, 4) is 0 Å². The molecule has 3 rings (SSSR count). The molecular weight excluding hydrogens is 355 g/mol. The van der Waals surface area contributed by atoms with Crippen LogP contribution in [0.1, 0.15) is 12.1 Å². The molecule has 0 bridgehead atoms. The lowest BCUT2D eigenvalue weighted by atomic mass is 10.0. The van der Waals surface area contributed by atoms with Crippen molar-refractivity contribution in [3.63, 3.8) is 0 Å². The summed E-state index contributed by atoms with van der Waals surface area (Å²) in [6, 6.07) is 0. The standard InChI is InChI=1S/C10H20N2O3.C5H4F3N3/c13-8-1-6-15-9(10(8)14)7-12-4-2-11-3-5-12;6-5(7,8)3-1-10-2-4(9)11-3/h8-11,13-14H,1-7H2;1-2H,(H2,9,11). The first kappa shape index (κ1) is 20.8. The maximum atomic E-state index is 11.8. The van der Waals surface area contributed by atoms with Gasteiger partial charge in [-0.05, 0) is 6.42 Å². The maximum Gasteiger partial charge on any atom is 0.434 e. The van der Waals surface area contributed by atoms with Gasteiger partial charge in [-0.3, -0.25) is 9.88 Å². The summed E-state index contributed by atoms with van der Waals surface area (Å²) < 4.78 is 40.9. The van der Waals surface area contributed by atoms with E-state index in [-0.39, 0.29) is 11.9 Å². The molecule has 2 aliphatic heterocycles. The Labute approximate surface area is 149 Å². The van der Waals surface area contributed by atoms with E-state index in [1.165, 1.54) is 0 Å². The Kier molecular flexibility index (Phi) is 7.53. The van der Waals surface area contributed by atoms with Gasteiger partial charge in [0.15, 0.2) is 5.69 Å². The van der Waals surface area contributed by atoms with Gasteiger partial charge in [0.05, 0.1) is 24.6 Å². The molecule has 5 N–H and O–H groups in total. The molecule has 26 heavy (non-hydrogen) atoms. The average Bonchev–Trinajstić information content (AvgIpc) is 2.60. The Morgan fingerprint density at radius 3 is 2.54 bits per heavy atom. The van der Waals surface area contributed by atoms with Crippen molar-refractivity contribution in [1.82, 2.24) is 20.2 Å². The minimum atomic E-state index is -4.47. The van der Waals surface area contributed by atoms with Crippen LogP contribution in [0.2, 0.25) is 0 Å². The number of nitrogen functional groups attached to an aromatic ring is 1. The number of rotatable bonds is 2. The molecular formula is C15H24F3N5O3. The molecule has 3 unspecified atom stereocenters. The fraction of sp³-hybridized carbons (Fsp3) is 0.733. The Bertz CT molecular complexity index is 558.